The SMILES string of the molecule is Clc1ccccc1-c1nnc(C(Nc2ccc3c(c2)OCO3)c2ccccc2)o1. The zero-order valence-electron chi connectivity index (χ0n) is 15.2. The smallest absolute Gasteiger partial charge is 0.249 e. The molecule has 2 heterocycles. The van der Waals surface area contributed by atoms with Gasteiger partial charge in [0, 0.05) is 11.8 Å². The van der Waals surface area contributed by atoms with E-state index in [2.05, 4.69) is 15.5 Å². The summed E-state index contributed by atoms with van der Waals surface area (Å²) in [5.41, 5.74) is 2.53. The largest absolute Gasteiger partial charge is 0.454 e. The molecule has 0 saturated heterocycles. The summed E-state index contributed by atoms with van der Waals surface area (Å²) in [7, 11) is 0. The van der Waals surface area contributed by atoms with Gasteiger partial charge in [0.05, 0.1) is 10.6 Å². The van der Waals surface area contributed by atoms with Crippen molar-refractivity contribution in [1.29, 1.82) is 0 Å². The van der Waals surface area contributed by atoms with Gasteiger partial charge in [-0.15, -0.1) is 10.2 Å². The molecule has 3 aromatic carbocycles. The van der Waals surface area contributed by atoms with E-state index in [4.69, 9.17) is 25.5 Å². The summed E-state index contributed by atoms with van der Waals surface area (Å²) in [5, 5.41) is 12.5. The molecule has 0 saturated carbocycles. The van der Waals surface area contributed by atoms with Crippen LogP contribution >= 0.6 is 11.6 Å². The van der Waals surface area contributed by atoms with E-state index < -0.39 is 0 Å². The van der Waals surface area contributed by atoms with Crippen LogP contribution in [-0.4, -0.2) is 17.0 Å². The van der Waals surface area contributed by atoms with Crippen molar-refractivity contribution in [2.45, 2.75) is 6.04 Å². The molecule has 1 aromatic heterocycles. The molecule has 1 aliphatic heterocycles. The van der Waals surface area contributed by atoms with E-state index >= 15 is 0 Å². The molecule has 4 aromatic rings. The van der Waals surface area contributed by atoms with E-state index in [0.717, 1.165) is 17.0 Å². The fourth-order valence-corrected chi connectivity index (χ4v) is 3.40. The number of anilines is 1. The first kappa shape index (κ1) is 17.6. The Morgan fingerprint density at radius 1 is 0.862 bits per heavy atom. The summed E-state index contributed by atoms with van der Waals surface area (Å²) >= 11 is 6.28. The number of nitrogens with one attached hydrogen (secondary N) is 1. The number of hydrogen-bond donors (Lipinski definition) is 1. The van der Waals surface area contributed by atoms with Crippen LogP contribution in [0.15, 0.2) is 77.2 Å². The number of rotatable bonds is 5. The Balaban J connectivity index is 1.51. The summed E-state index contributed by atoms with van der Waals surface area (Å²) in [6.07, 6.45) is 0. The van der Waals surface area contributed by atoms with Crippen molar-refractivity contribution in [1.82, 2.24) is 10.2 Å². The van der Waals surface area contributed by atoms with Crippen LogP contribution in [0.2, 0.25) is 5.02 Å². The first-order chi connectivity index (χ1) is 14.3. The predicted molar refractivity (Wildman–Crippen MR) is 109 cm³/mol. The standard InChI is InChI=1S/C22H16ClN3O3/c23-17-9-5-4-8-16(17)21-25-26-22(29-21)20(14-6-2-1-3-7-14)24-15-10-11-18-19(12-15)28-13-27-18/h1-12,20,24H,13H2. The topological polar surface area (TPSA) is 69.4 Å². The highest BCUT2D eigenvalue weighted by atomic mass is 35.5. The van der Waals surface area contributed by atoms with Gasteiger partial charge in [0.2, 0.25) is 18.6 Å². The molecular formula is C22H16ClN3O3. The van der Waals surface area contributed by atoms with Crippen LogP contribution in [0.1, 0.15) is 17.5 Å². The lowest BCUT2D eigenvalue weighted by atomic mass is 10.1. The Morgan fingerprint density at radius 2 is 1.66 bits per heavy atom. The molecule has 144 valence electrons. The summed E-state index contributed by atoms with van der Waals surface area (Å²) in [6.45, 7) is 0.228. The summed E-state index contributed by atoms with van der Waals surface area (Å²) < 4.78 is 16.9. The zero-order valence-corrected chi connectivity index (χ0v) is 16.0. The van der Waals surface area contributed by atoms with Crippen molar-refractivity contribution in [2.75, 3.05) is 12.1 Å². The highest BCUT2D eigenvalue weighted by Crippen LogP contribution is 2.36. The van der Waals surface area contributed by atoms with Gasteiger partial charge >= 0.3 is 0 Å². The van der Waals surface area contributed by atoms with Crippen LogP contribution in [0, 0.1) is 0 Å². The van der Waals surface area contributed by atoms with Crippen molar-refractivity contribution in [3.05, 3.63) is 89.3 Å². The van der Waals surface area contributed by atoms with Crippen molar-refractivity contribution in [3.8, 4) is 23.0 Å². The highest BCUT2D eigenvalue weighted by molar-refractivity contribution is 6.33. The lowest BCUT2D eigenvalue weighted by molar-refractivity contribution is 0.174. The van der Waals surface area contributed by atoms with Gasteiger partial charge in [-0.3, -0.25) is 0 Å². The molecule has 1 N–H and O–H groups in total. The maximum Gasteiger partial charge on any atom is 0.249 e. The van der Waals surface area contributed by atoms with Crippen LogP contribution in [0.25, 0.3) is 11.5 Å². The molecule has 0 radical (unpaired) electrons. The number of nitrogens with zero attached hydrogens (tertiary/aromatic N) is 2. The lowest BCUT2D eigenvalue weighted by Gasteiger charge is -2.17. The average molecular weight is 406 g/mol. The Kier molecular flexibility index (Phi) is 4.54. The average Bonchev–Trinajstić information content (AvgIpc) is 3.42. The second-order valence-electron chi connectivity index (χ2n) is 6.48. The van der Waals surface area contributed by atoms with Gasteiger partial charge in [-0.05, 0) is 29.8 Å². The predicted octanol–water partition coefficient (Wildman–Crippen LogP) is 5.32. The Labute approximate surface area is 172 Å². The van der Waals surface area contributed by atoms with E-state index in [1.54, 1.807) is 6.07 Å². The number of halogens is 1. The van der Waals surface area contributed by atoms with E-state index in [1.165, 1.54) is 0 Å². The van der Waals surface area contributed by atoms with Crippen molar-refractivity contribution < 1.29 is 13.9 Å². The fourth-order valence-electron chi connectivity index (χ4n) is 3.18. The van der Waals surface area contributed by atoms with Crippen molar-refractivity contribution in [3.63, 3.8) is 0 Å². The van der Waals surface area contributed by atoms with Gasteiger partial charge < -0.3 is 19.2 Å². The van der Waals surface area contributed by atoms with E-state index in [9.17, 15) is 0 Å². The number of aromatic nitrogens is 2. The van der Waals surface area contributed by atoms with Crippen LogP contribution < -0.4 is 14.8 Å². The third-order valence-corrected chi connectivity index (χ3v) is 4.94. The second-order valence-corrected chi connectivity index (χ2v) is 6.89. The van der Waals surface area contributed by atoms with E-state index in [0.29, 0.717) is 28.1 Å². The minimum Gasteiger partial charge on any atom is -0.454 e. The van der Waals surface area contributed by atoms with Crippen molar-refractivity contribution in [2.24, 2.45) is 0 Å². The number of fused-ring (bicyclic) bond motifs is 1. The molecule has 1 unspecified atom stereocenters. The van der Waals surface area contributed by atoms with E-state index in [-0.39, 0.29) is 12.8 Å². The van der Waals surface area contributed by atoms with Crippen LogP contribution in [0.3, 0.4) is 0 Å². The number of benzene rings is 3. The quantitative estimate of drug-likeness (QED) is 0.484. The second kappa shape index (κ2) is 7.48. The van der Waals surface area contributed by atoms with Crippen molar-refractivity contribution >= 4 is 17.3 Å². The zero-order chi connectivity index (χ0) is 19.6. The van der Waals surface area contributed by atoms with Gasteiger partial charge in [0.15, 0.2) is 11.5 Å². The molecule has 0 spiro atoms. The van der Waals surface area contributed by atoms with Gasteiger partial charge in [0.25, 0.3) is 0 Å². The Morgan fingerprint density at radius 3 is 2.52 bits per heavy atom. The van der Waals surface area contributed by atoms with Crippen LogP contribution in [0.5, 0.6) is 11.5 Å². The maximum absolute atomic E-state index is 6.28. The summed E-state index contributed by atoms with van der Waals surface area (Å²) in [4.78, 5) is 0. The number of hydrogen-bond acceptors (Lipinski definition) is 6. The molecule has 5 rings (SSSR count). The van der Waals surface area contributed by atoms with Crippen LogP contribution in [0.4, 0.5) is 5.69 Å². The maximum atomic E-state index is 6.28. The first-order valence-corrected chi connectivity index (χ1v) is 9.45. The fraction of sp³-hybridized carbons (Fsp3) is 0.0909. The summed E-state index contributed by atoms with van der Waals surface area (Å²) in [5.74, 6) is 2.23. The molecule has 0 bridgehead atoms. The van der Waals surface area contributed by atoms with E-state index in [1.807, 2.05) is 66.7 Å². The Bertz CT molecular complexity index is 1150. The first-order valence-electron chi connectivity index (χ1n) is 9.07. The molecule has 0 fully saturated rings. The van der Waals surface area contributed by atoms with Gasteiger partial charge in [0.1, 0.15) is 6.04 Å². The molecular weight excluding hydrogens is 390 g/mol. The molecule has 29 heavy (non-hydrogen) atoms. The van der Waals surface area contributed by atoms with Crippen LogP contribution in [-0.2, 0) is 0 Å². The minimum atomic E-state index is -0.347. The minimum absolute atomic E-state index is 0.228. The van der Waals surface area contributed by atoms with Gasteiger partial charge in [-0.2, -0.15) is 0 Å². The third-order valence-electron chi connectivity index (χ3n) is 4.61. The van der Waals surface area contributed by atoms with Gasteiger partial charge in [-0.25, -0.2) is 0 Å². The summed E-state index contributed by atoms with van der Waals surface area (Å²) in [6, 6.07) is 22.6. The lowest BCUT2D eigenvalue weighted by Crippen LogP contribution is -2.12. The normalized spacial score (nSPS) is 13.3. The van der Waals surface area contributed by atoms with Gasteiger partial charge in [-0.1, -0.05) is 54.1 Å². The monoisotopic (exact) mass is 405 g/mol. The third kappa shape index (κ3) is 3.50. The number of ether oxygens (including phenoxy) is 2. The molecule has 1 atom stereocenters. The molecule has 0 aliphatic carbocycles. The molecule has 1 aliphatic rings. The molecule has 0 amide bonds. The molecule has 7 heteroatoms. The highest BCUT2D eigenvalue weighted by Gasteiger charge is 2.23. The Hall–Kier alpha value is -3.51. The molecule has 6 nitrogen and oxygen atoms in total.